The second kappa shape index (κ2) is 9.44. The van der Waals surface area contributed by atoms with E-state index in [1.54, 1.807) is 0 Å². The van der Waals surface area contributed by atoms with E-state index in [4.69, 9.17) is 0 Å². The Bertz CT molecular complexity index is 1050. The first kappa shape index (κ1) is 23.1. The number of ether oxygens (including phenoxy) is 1. The molecule has 0 aromatic heterocycles. The highest BCUT2D eigenvalue weighted by molar-refractivity contribution is 5.92. The van der Waals surface area contributed by atoms with Gasteiger partial charge in [-0.25, -0.2) is 0 Å². The number of anilines is 3. The third kappa shape index (κ3) is 5.48. The van der Waals surface area contributed by atoms with Crippen LogP contribution in [0.25, 0.3) is 0 Å². The molecule has 0 unspecified atom stereocenters. The molecule has 2 aromatic rings. The van der Waals surface area contributed by atoms with Gasteiger partial charge >= 0.3 is 6.36 Å². The molecule has 2 N–H and O–H groups in total. The van der Waals surface area contributed by atoms with Crippen molar-refractivity contribution in [2.45, 2.75) is 44.9 Å². The summed E-state index contributed by atoms with van der Waals surface area (Å²) < 4.78 is 40.6. The van der Waals surface area contributed by atoms with Gasteiger partial charge in [-0.2, -0.15) is 0 Å². The molecule has 0 atom stereocenters. The fraction of sp³-hybridized carbons (Fsp3) is 0.522. The lowest BCUT2D eigenvalue weighted by molar-refractivity contribution is -0.274. The van der Waals surface area contributed by atoms with Gasteiger partial charge in [0.2, 0.25) is 5.91 Å². The highest BCUT2D eigenvalue weighted by Gasteiger charge is 2.32. The summed E-state index contributed by atoms with van der Waals surface area (Å²) in [6, 6.07) is 5.06. The standard InChI is InChI=1S/C23H26F3N3O4/c24-23(25,26)33-17-9-7-16(8-10-17)28-22(32)15-5-3-14(4-6-15)13-27-18-19(21(31)20(18)30)29-11-1-2-12-29/h7-10,14-15,27H,1-6,11-13H2,(H,28,32). The molecule has 2 aliphatic rings. The fourth-order valence-electron chi connectivity index (χ4n) is 4.65. The SMILES string of the molecule is O=C(Nc1ccc(OC(F)(F)F)cc1)C1CCC(CNc2c(N3CCCC3)c(=O)c2=O)CC1. The van der Waals surface area contributed by atoms with Crippen molar-refractivity contribution in [1.82, 2.24) is 0 Å². The van der Waals surface area contributed by atoms with Crippen LogP contribution >= 0.6 is 0 Å². The molecule has 2 aromatic carbocycles. The molecule has 1 saturated carbocycles. The van der Waals surface area contributed by atoms with Gasteiger partial charge in [0.25, 0.3) is 10.9 Å². The minimum Gasteiger partial charge on any atom is -0.406 e. The maximum atomic E-state index is 12.5. The van der Waals surface area contributed by atoms with Crippen molar-refractivity contribution in [1.29, 1.82) is 0 Å². The highest BCUT2D eigenvalue weighted by Crippen LogP contribution is 2.31. The van der Waals surface area contributed by atoms with Gasteiger partial charge in [-0.3, -0.25) is 14.4 Å². The number of nitrogens with zero attached hydrogens (tertiary/aromatic N) is 1. The number of carbonyl (C=O) groups excluding carboxylic acids is 1. The van der Waals surface area contributed by atoms with E-state index in [1.165, 1.54) is 12.1 Å². The van der Waals surface area contributed by atoms with Crippen LogP contribution in [0.4, 0.5) is 30.2 Å². The van der Waals surface area contributed by atoms with Crippen molar-refractivity contribution in [2.24, 2.45) is 11.8 Å². The van der Waals surface area contributed by atoms with E-state index in [9.17, 15) is 27.6 Å². The summed E-state index contributed by atoms with van der Waals surface area (Å²) in [5.41, 5.74) is 0.513. The fourth-order valence-corrected chi connectivity index (χ4v) is 4.65. The van der Waals surface area contributed by atoms with Crippen LogP contribution in [0.1, 0.15) is 38.5 Å². The van der Waals surface area contributed by atoms with Gasteiger partial charge in [0.1, 0.15) is 17.1 Å². The average Bonchev–Trinajstić information content (AvgIpc) is 3.30. The van der Waals surface area contributed by atoms with Crippen molar-refractivity contribution >= 4 is 23.0 Å². The smallest absolute Gasteiger partial charge is 0.406 e. The van der Waals surface area contributed by atoms with E-state index in [2.05, 4.69) is 15.4 Å². The topological polar surface area (TPSA) is 87.7 Å². The molecule has 1 amide bonds. The molecule has 2 fully saturated rings. The van der Waals surface area contributed by atoms with Gasteiger partial charge < -0.3 is 20.3 Å². The Morgan fingerprint density at radius 2 is 1.64 bits per heavy atom. The lowest BCUT2D eigenvalue weighted by Gasteiger charge is -2.29. The number of halogens is 3. The van der Waals surface area contributed by atoms with E-state index in [0.29, 0.717) is 42.4 Å². The lowest BCUT2D eigenvalue weighted by atomic mass is 9.81. The molecule has 10 heteroatoms. The van der Waals surface area contributed by atoms with Crippen LogP contribution in [0.15, 0.2) is 33.9 Å². The first-order chi connectivity index (χ1) is 15.7. The van der Waals surface area contributed by atoms with Crippen molar-refractivity contribution in [3.63, 3.8) is 0 Å². The third-order valence-corrected chi connectivity index (χ3v) is 6.45. The Hall–Kier alpha value is -3.04. The molecule has 4 rings (SSSR count). The van der Waals surface area contributed by atoms with Crippen molar-refractivity contribution in [3.8, 4) is 5.75 Å². The largest absolute Gasteiger partial charge is 0.573 e. The normalized spacial score (nSPS) is 21.2. The number of amides is 1. The van der Waals surface area contributed by atoms with Crippen LogP contribution in [0, 0.1) is 11.8 Å². The monoisotopic (exact) mass is 465 g/mol. The lowest BCUT2D eigenvalue weighted by Crippen LogP contribution is -2.42. The van der Waals surface area contributed by atoms with E-state index in [0.717, 1.165) is 50.9 Å². The van der Waals surface area contributed by atoms with E-state index >= 15 is 0 Å². The second-order valence-electron chi connectivity index (χ2n) is 8.74. The van der Waals surface area contributed by atoms with Crippen LogP contribution in [0.2, 0.25) is 0 Å². The molecule has 0 radical (unpaired) electrons. The zero-order chi connectivity index (χ0) is 23.6. The highest BCUT2D eigenvalue weighted by atomic mass is 19.4. The van der Waals surface area contributed by atoms with E-state index < -0.39 is 17.2 Å². The molecular formula is C23H26F3N3O4. The Labute approximate surface area is 188 Å². The molecule has 1 saturated heterocycles. The second-order valence-corrected chi connectivity index (χ2v) is 8.74. The number of hydrogen-bond donors (Lipinski definition) is 2. The number of nitrogens with one attached hydrogen (secondary N) is 2. The number of hydrogen-bond acceptors (Lipinski definition) is 6. The van der Waals surface area contributed by atoms with Crippen LogP contribution in [0.5, 0.6) is 5.75 Å². The predicted molar refractivity (Wildman–Crippen MR) is 118 cm³/mol. The van der Waals surface area contributed by atoms with Gasteiger partial charge in [-0.1, -0.05) is 0 Å². The Morgan fingerprint density at radius 3 is 2.24 bits per heavy atom. The summed E-state index contributed by atoms with van der Waals surface area (Å²) in [5, 5.41) is 5.92. The predicted octanol–water partition coefficient (Wildman–Crippen LogP) is 3.64. The van der Waals surface area contributed by atoms with Crippen LogP contribution in [0.3, 0.4) is 0 Å². The summed E-state index contributed by atoms with van der Waals surface area (Å²) in [6.45, 7) is 2.19. The van der Waals surface area contributed by atoms with Gasteiger partial charge in [0.05, 0.1) is 0 Å². The molecule has 1 heterocycles. The quantitative estimate of drug-likeness (QED) is 0.608. The Morgan fingerprint density at radius 1 is 1.00 bits per heavy atom. The summed E-state index contributed by atoms with van der Waals surface area (Å²) in [7, 11) is 0. The van der Waals surface area contributed by atoms with Crippen molar-refractivity contribution < 1.29 is 22.7 Å². The molecule has 0 bridgehead atoms. The van der Waals surface area contributed by atoms with Crippen molar-refractivity contribution in [2.75, 3.05) is 35.2 Å². The van der Waals surface area contributed by atoms with Crippen LogP contribution < -0.4 is 31.1 Å². The van der Waals surface area contributed by atoms with Crippen LogP contribution in [-0.4, -0.2) is 31.9 Å². The summed E-state index contributed by atoms with van der Waals surface area (Å²) in [6.07, 6.45) is 0.254. The number of benzene rings is 1. The van der Waals surface area contributed by atoms with Crippen molar-refractivity contribution in [3.05, 3.63) is 44.7 Å². The molecule has 1 aliphatic heterocycles. The third-order valence-electron chi connectivity index (χ3n) is 6.45. The molecule has 0 spiro atoms. The van der Waals surface area contributed by atoms with Gasteiger partial charge in [0.15, 0.2) is 0 Å². The molecule has 7 nitrogen and oxygen atoms in total. The Balaban J connectivity index is 1.23. The van der Waals surface area contributed by atoms with Gasteiger partial charge in [0, 0.05) is 31.2 Å². The van der Waals surface area contributed by atoms with Crippen LogP contribution in [-0.2, 0) is 4.79 Å². The number of alkyl halides is 3. The molecule has 33 heavy (non-hydrogen) atoms. The van der Waals surface area contributed by atoms with Gasteiger partial charge in [-0.15, -0.1) is 13.2 Å². The maximum absolute atomic E-state index is 12.5. The summed E-state index contributed by atoms with van der Waals surface area (Å²) >= 11 is 0. The summed E-state index contributed by atoms with van der Waals surface area (Å²) in [5.74, 6) is -0.393. The zero-order valence-corrected chi connectivity index (χ0v) is 18.0. The Kier molecular flexibility index (Phi) is 6.62. The van der Waals surface area contributed by atoms with Gasteiger partial charge in [-0.05, 0) is 68.7 Å². The molecular weight excluding hydrogens is 439 g/mol. The number of rotatable bonds is 7. The molecule has 178 valence electrons. The van der Waals surface area contributed by atoms with E-state index in [-0.39, 0.29) is 17.6 Å². The number of carbonyl (C=O) groups is 1. The average molecular weight is 465 g/mol. The zero-order valence-electron chi connectivity index (χ0n) is 18.0. The molecule has 1 aliphatic carbocycles. The first-order valence-electron chi connectivity index (χ1n) is 11.2. The minimum absolute atomic E-state index is 0.162. The minimum atomic E-state index is -4.76. The van der Waals surface area contributed by atoms with E-state index in [1.807, 2.05) is 4.90 Å². The maximum Gasteiger partial charge on any atom is 0.573 e. The first-order valence-corrected chi connectivity index (χ1v) is 11.2. The summed E-state index contributed by atoms with van der Waals surface area (Å²) in [4.78, 5) is 38.5.